The molecule has 1 aliphatic carbocycles. The molecule has 2 heterocycles. The van der Waals surface area contributed by atoms with Gasteiger partial charge in [-0.2, -0.15) is 0 Å². The van der Waals surface area contributed by atoms with E-state index in [1.807, 2.05) is 6.92 Å². The number of ether oxygens (including phenoxy) is 1. The molecule has 2 aromatic heterocycles. The fourth-order valence-electron chi connectivity index (χ4n) is 2.93. The molecule has 9 nitrogen and oxygen atoms in total. The second-order valence-electron chi connectivity index (χ2n) is 7.04. The van der Waals surface area contributed by atoms with Crippen LogP contribution < -0.4 is 15.4 Å². The monoisotopic (exact) mass is 440 g/mol. The third-order valence-corrected chi connectivity index (χ3v) is 4.86. The quantitative estimate of drug-likeness (QED) is 0.521. The summed E-state index contributed by atoms with van der Waals surface area (Å²) in [4.78, 5) is 28.8. The first-order chi connectivity index (χ1) is 15.0. The van der Waals surface area contributed by atoms with Crippen molar-refractivity contribution in [3.05, 3.63) is 64.6 Å². The third-order valence-electron chi connectivity index (χ3n) is 4.65. The largest absolute Gasteiger partial charge is 0.471 e. The maximum atomic E-state index is 12.7. The number of benzene rings is 1. The van der Waals surface area contributed by atoms with Crippen LogP contribution in [0.5, 0.6) is 5.88 Å². The second-order valence-corrected chi connectivity index (χ2v) is 7.43. The maximum absolute atomic E-state index is 12.7. The Morgan fingerprint density at radius 2 is 1.94 bits per heavy atom. The summed E-state index contributed by atoms with van der Waals surface area (Å²) in [5.74, 6) is -0.140. The number of aromatic nitrogens is 4. The van der Waals surface area contributed by atoms with E-state index in [1.165, 1.54) is 4.68 Å². The van der Waals surface area contributed by atoms with Crippen LogP contribution in [0.4, 0.5) is 0 Å². The van der Waals surface area contributed by atoms with E-state index in [0.717, 1.165) is 12.8 Å². The lowest BCUT2D eigenvalue weighted by molar-refractivity contribution is 0.0939. The highest BCUT2D eigenvalue weighted by Gasteiger charge is 2.28. The van der Waals surface area contributed by atoms with Gasteiger partial charge in [-0.15, -0.1) is 5.10 Å². The molecule has 0 atom stereocenters. The molecular weight excluding hydrogens is 420 g/mol. The van der Waals surface area contributed by atoms with Gasteiger partial charge in [0.2, 0.25) is 5.88 Å². The van der Waals surface area contributed by atoms with Gasteiger partial charge < -0.3 is 15.4 Å². The molecule has 160 valence electrons. The van der Waals surface area contributed by atoms with Crippen molar-refractivity contribution < 1.29 is 14.3 Å². The zero-order valence-corrected chi connectivity index (χ0v) is 17.6. The van der Waals surface area contributed by atoms with E-state index in [1.54, 1.807) is 42.5 Å². The Labute approximate surface area is 183 Å². The van der Waals surface area contributed by atoms with Crippen LogP contribution in [-0.2, 0) is 6.61 Å². The van der Waals surface area contributed by atoms with Crippen LogP contribution in [0.1, 0.15) is 46.3 Å². The lowest BCUT2D eigenvalue weighted by Crippen LogP contribution is -2.27. The Morgan fingerprint density at radius 1 is 1.16 bits per heavy atom. The molecule has 0 spiro atoms. The summed E-state index contributed by atoms with van der Waals surface area (Å²) in [6.45, 7) is 2.41. The fraction of sp³-hybridized carbons (Fsp3) is 0.286. The molecule has 0 radical (unpaired) electrons. The van der Waals surface area contributed by atoms with Crippen LogP contribution in [0.25, 0.3) is 5.69 Å². The Morgan fingerprint density at radius 3 is 2.61 bits per heavy atom. The number of hydrogen-bond acceptors (Lipinski definition) is 6. The lowest BCUT2D eigenvalue weighted by atomic mass is 10.2. The van der Waals surface area contributed by atoms with Gasteiger partial charge >= 0.3 is 0 Å². The first-order valence-corrected chi connectivity index (χ1v) is 10.3. The normalized spacial score (nSPS) is 13.0. The van der Waals surface area contributed by atoms with Crippen LogP contribution in [0.2, 0.25) is 5.15 Å². The van der Waals surface area contributed by atoms with E-state index in [9.17, 15) is 9.59 Å². The summed E-state index contributed by atoms with van der Waals surface area (Å²) >= 11 is 5.92. The summed E-state index contributed by atoms with van der Waals surface area (Å²) in [5, 5.41) is 14.2. The van der Waals surface area contributed by atoms with Gasteiger partial charge in [-0.1, -0.05) is 22.9 Å². The topological polar surface area (TPSA) is 111 Å². The molecule has 2 N–H and O–H groups in total. The van der Waals surface area contributed by atoms with Crippen molar-refractivity contribution in [3.8, 4) is 11.6 Å². The second kappa shape index (κ2) is 9.13. The van der Waals surface area contributed by atoms with Crippen LogP contribution in [0.3, 0.4) is 0 Å². The summed E-state index contributed by atoms with van der Waals surface area (Å²) in [7, 11) is 0. The standard InChI is InChI=1S/C21H21ClN6O3/c1-2-23-20(29)13-6-10-15(11-7-13)28-16(12-31-18-5-3-4-17(22)25-18)19(26-27-28)21(30)24-14-8-9-14/h3-7,10-11,14H,2,8-9,12H2,1H3,(H,23,29)(H,24,30). The summed E-state index contributed by atoms with van der Waals surface area (Å²) in [5.41, 5.74) is 1.81. The van der Waals surface area contributed by atoms with E-state index in [-0.39, 0.29) is 30.2 Å². The first-order valence-electron chi connectivity index (χ1n) is 9.94. The van der Waals surface area contributed by atoms with E-state index in [4.69, 9.17) is 16.3 Å². The summed E-state index contributed by atoms with van der Waals surface area (Å²) < 4.78 is 7.28. The molecule has 1 aromatic carbocycles. The van der Waals surface area contributed by atoms with Gasteiger partial charge in [0.05, 0.1) is 5.69 Å². The average molecular weight is 441 g/mol. The highest BCUT2D eigenvalue weighted by atomic mass is 35.5. The van der Waals surface area contributed by atoms with Gasteiger partial charge in [-0.25, -0.2) is 9.67 Å². The van der Waals surface area contributed by atoms with Gasteiger partial charge in [0.25, 0.3) is 11.8 Å². The Bertz CT molecular complexity index is 1090. The molecular formula is C21H21ClN6O3. The molecule has 1 fully saturated rings. The molecule has 2 amide bonds. The van der Waals surface area contributed by atoms with Crippen LogP contribution >= 0.6 is 11.6 Å². The number of nitrogens with zero attached hydrogens (tertiary/aromatic N) is 4. The van der Waals surface area contributed by atoms with E-state index < -0.39 is 0 Å². The van der Waals surface area contributed by atoms with Gasteiger partial charge in [-0.05, 0) is 50.1 Å². The smallest absolute Gasteiger partial charge is 0.274 e. The van der Waals surface area contributed by atoms with Crippen molar-refractivity contribution in [2.75, 3.05) is 6.54 Å². The van der Waals surface area contributed by atoms with Crippen LogP contribution in [0.15, 0.2) is 42.5 Å². The predicted molar refractivity (Wildman–Crippen MR) is 113 cm³/mol. The summed E-state index contributed by atoms with van der Waals surface area (Å²) in [6, 6.07) is 12.1. The highest BCUT2D eigenvalue weighted by molar-refractivity contribution is 6.29. The minimum absolute atomic E-state index is 0.00579. The summed E-state index contributed by atoms with van der Waals surface area (Å²) in [6.07, 6.45) is 1.92. The first kappa shape index (κ1) is 20.8. The third kappa shape index (κ3) is 5.00. The number of pyridine rings is 1. The van der Waals surface area contributed by atoms with Gasteiger partial charge in [0, 0.05) is 24.2 Å². The predicted octanol–water partition coefficient (Wildman–Crippen LogP) is 2.54. The van der Waals surface area contributed by atoms with Crippen LogP contribution in [-0.4, -0.2) is 44.4 Å². The van der Waals surface area contributed by atoms with Crippen molar-refractivity contribution >= 4 is 23.4 Å². The van der Waals surface area contributed by atoms with Gasteiger partial charge in [-0.3, -0.25) is 9.59 Å². The number of amides is 2. The van der Waals surface area contributed by atoms with E-state index in [0.29, 0.717) is 34.5 Å². The minimum atomic E-state index is -0.301. The minimum Gasteiger partial charge on any atom is -0.471 e. The number of rotatable bonds is 8. The maximum Gasteiger partial charge on any atom is 0.274 e. The zero-order chi connectivity index (χ0) is 21.8. The van der Waals surface area contributed by atoms with Crippen molar-refractivity contribution in [3.63, 3.8) is 0 Å². The molecule has 31 heavy (non-hydrogen) atoms. The molecule has 0 bridgehead atoms. The Kier molecular flexibility index (Phi) is 6.13. The van der Waals surface area contributed by atoms with E-state index in [2.05, 4.69) is 25.9 Å². The lowest BCUT2D eigenvalue weighted by Gasteiger charge is -2.10. The highest BCUT2D eigenvalue weighted by Crippen LogP contribution is 2.21. The van der Waals surface area contributed by atoms with Crippen molar-refractivity contribution in [1.82, 2.24) is 30.6 Å². The molecule has 3 aromatic rings. The molecule has 1 aliphatic rings. The number of halogens is 1. The van der Waals surface area contributed by atoms with Crippen molar-refractivity contribution in [2.45, 2.75) is 32.4 Å². The zero-order valence-electron chi connectivity index (χ0n) is 16.8. The van der Waals surface area contributed by atoms with Crippen LogP contribution in [0, 0.1) is 0 Å². The number of nitrogens with one attached hydrogen (secondary N) is 2. The molecule has 1 saturated carbocycles. The van der Waals surface area contributed by atoms with Crippen molar-refractivity contribution in [2.24, 2.45) is 0 Å². The number of carbonyl (C=O) groups is 2. The fourth-order valence-corrected chi connectivity index (χ4v) is 3.08. The number of hydrogen-bond donors (Lipinski definition) is 2. The SMILES string of the molecule is CCNC(=O)c1ccc(-n2nnc(C(=O)NC3CC3)c2COc2cccc(Cl)n2)cc1. The number of carbonyl (C=O) groups excluding carboxylic acids is 2. The molecule has 10 heteroatoms. The molecule has 0 aliphatic heterocycles. The van der Waals surface area contributed by atoms with Gasteiger partial charge in [0.15, 0.2) is 5.69 Å². The molecule has 4 rings (SSSR count). The molecule has 0 saturated heterocycles. The Balaban J connectivity index is 1.62. The average Bonchev–Trinajstić information content (AvgIpc) is 3.48. The Hall–Kier alpha value is -3.46. The van der Waals surface area contributed by atoms with Gasteiger partial charge in [0.1, 0.15) is 17.5 Å². The van der Waals surface area contributed by atoms with Crippen molar-refractivity contribution in [1.29, 1.82) is 0 Å². The van der Waals surface area contributed by atoms with E-state index >= 15 is 0 Å². The molecule has 0 unspecified atom stereocenters.